The first kappa shape index (κ1) is 19.0. The van der Waals surface area contributed by atoms with Gasteiger partial charge in [-0.25, -0.2) is 0 Å². The zero-order chi connectivity index (χ0) is 18.4. The molecule has 4 nitrogen and oxygen atoms in total. The van der Waals surface area contributed by atoms with E-state index in [1.54, 1.807) is 0 Å². The predicted octanol–water partition coefficient (Wildman–Crippen LogP) is 4.28. The quantitative estimate of drug-likeness (QED) is 0.695. The van der Waals surface area contributed by atoms with E-state index in [1.165, 1.54) is 12.8 Å². The van der Waals surface area contributed by atoms with Crippen molar-refractivity contribution in [3.63, 3.8) is 0 Å². The Bertz CT molecular complexity index is 986. The first-order valence-corrected chi connectivity index (χ1v) is 9.90. The number of hydrogen-bond donors (Lipinski definition) is 2. The number of hydrogen-bond acceptors (Lipinski definition) is 2. The van der Waals surface area contributed by atoms with E-state index in [2.05, 4.69) is 39.5 Å². The third-order valence-corrected chi connectivity index (χ3v) is 6.19. The molecule has 2 aliphatic rings. The van der Waals surface area contributed by atoms with Crippen LogP contribution in [0.4, 0.5) is 0 Å². The normalized spacial score (nSPS) is 23.4. The lowest BCUT2D eigenvalue weighted by Crippen LogP contribution is -2.48. The van der Waals surface area contributed by atoms with Crippen molar-refractivity contribution in [1.29, 1.82) is 0 Å². The lowest BCUT2D eigenvalue weighted by atomic mass is 9.98. The summed E-state index contributed by atoms with van der Waals surface area (Å²) in [4.78, 5) is 13.4. The highest BCUT2D eigenvalue weighted by Crippen LogP contribution is 2.34. The molecule has 2 unspecified atom stereocenters. The fourth-order valence-electron chi connectivity index (χ4n) is 4.99. The van der Waals surface area contributed by atoms with Crippen LogP contribution < -0.4 is 10.6 Å². The van der Waals surface area contributed by atoms with Gasteiger partial charge in [-0.05, 0) is 37.3 Å². The van der Waals surface area contributed by atoms with Gasteiger partial charge in [-0.15, -0.1) is 12.4 Å². The van der Waals surface area contributed by atoms with Crippen LogP contribution in [0.2, 0.25) is 0 Å². The minimum atomic E-state index is 0. The standard InChI is InChI=1S/C23H25N3O.ClH/c1-26-20-10-6-5-9-19(20)21(22(26)15-7-3-2-4-8-15)23(27)25-18-13-16-11-12-17(14-18)24-16;/h2-10,16-18,24H,11-14H2,1H3,(H,25,27);1H. The van der Waals surface area contributed by atoms with E-state index in [-0.39, 0.29) is 24.4 Å². The van der Waals surface area contributed by atoms with Crippen molar-refractivity contribution in [2.75, 3.05) is 0 Å². The second-order valence-electron chi connectivity index (χ2n) is 7.95. The highest BCUT2D eigenvalue weighted by Gasteiger charge is 2.34. The predicted molar refractivity (Wildman–Crippen MR) is 116 cm³/mol. The van der Waals surface area contributed by atoms with E-state index in [9.17, 15) is 4.79 Å². The molecule has 3 aromatic rings. The average molecular weight is 396 g/mol. The van der Waals surface area contributed by atoms with Crippen molar-refractivity contribution in [1.82, 2.24) is 15.2 Å². The Labute approximate surface area is 171 Å². The molecule has 5 heteroatoms. The van der Waals surface area contributed by atoms with Crippen molar-refractivity contribution < 1.29 is 4.79 Å². The molecular formula is C23H26ClN3O. The van der Waals surface area contributed by atoms with Crippen LogP contribution in [0.15, 0.2) is 54.6 Å². The summed E-state index contributed by atoms with van der Waals surface area (Å²) in [5.41, 5.74) is 3.95. The second-order valence-corrected chi connectivity index (χ2v) is 7.95. The van der Waals surface area contributed by atoms with Gasteiger partial charge in [-0.2, -0.15) is 0 Å². The summed E-state index contributed by atoms with van der Waals surface area (Å²) in [5.74, 6) is 0.0527. The molecular weight excluding hydrogens is 370 g/mol. The molecule has 28 heavy (non-hydrogen) atoms. The molecule has 1 amide bonds. The number of amides is 1. The van der Waals surface area contributed by atoms with Crippen molar-refractivity contribution in [3.05, 3.63) is 60.2 Å². The summed E-state index contributed by atoms with van der Waals surface area (Å²) >= 11 is 0. The number of rotatable bonds is 3. The Morgan fingerprint density at radius 2 is 1.64 bits per heavy atom. The number of piperidine rings is 1. The summed E-state index contributed by atoms with van der Waals surface area (Å²) in [5, 5.41) is 8.03. The molecule has 2 bridgehead atoms. The second kappa shape index (κ2) is 7.61. The zero-order valence-corrected chi connectivity index (χ0v) is 16.8. The lowest BCUT2D eigenvalue weighted by Gasteiger charge is -2.29. The molecule has 2 aliphatic heterocycles. The molecule has 2 fully saturated rings. The highest BCUT2D eigenvalue weighted by atomic mass is 35.5. The van der Waals surface area contributed by atoms with Crippen molar-refractivity contribution in [2.45, 2.75) is 43.8 Å². The number of carbonyl (C=O) groups excluding carboxylic acids is 1. The molecule has 1 aromatic heterocycles. The minimum absolute atomic E-state index is 0. The van der Waals surface area contributed by atoms with Gasteiger partial charge >= 0.3 is 0 Å². The monoisotopic (exact) mass is 395 g/mol. The topological polar surface area (TPSA) is 46.1 Å². The molecule has 0 aliphatic carbocycles. The van der Waals surface area contributed by atoms with Crippen LogP contribution in [0.25, 0.3) is 22.2 Å². The van der Waals surface area contributed by atoms with Crippen LogP contribution in [-0.4, -0.2) is 28.6 Å². The van der Waals surface area contributed by atoms with Crippen LogP contribution in [0, 0.1) is 0 Å². The van der Waals surface area contributed by atoms with Gasteiger partial charge in [-0.1, -0.05) is 48.5 Å². The fourth-order valence-corrected chi connectivity index (χ4v) is 4.99. The number of nitrogens with zero attached hydrogens (tertiary/aromatic N) is 1. The van der Waals surface area contributed by atoms with E-state index >= 15 is 0 Å². The SMILES string of the molecule is Cl.Cn1c(-c2ccccc2)c(C(=O)NC2CC3CCC(C2)N3)c2ccccc21. The van der Waals surface area contributed by atoms with Gasteiger partial charge in [0.2, 0.25) is 0 Å². The van der Waals surface area contributed by atoms with E-state index < -0.39 is 0 Å². The van der Waals surface area contributed by atoms with Crippen molar-refractivity contribution >= 4 is 29.2 Å². The van der Waals surface area contributed by atoms with Gasteiger partial charge in [-0.3, -0.25) is 4.79 Å². The maximum atomic E-state index is 13.4. The van der Waals surface area contributed by atoms with E-state index in [0.717, 1.165) is 40.6 Å². The minimum Gasteiger partial charge on any atom is -0.349 e. The number of para-hydroxylation sites is 1. The third kappa shape index (κ3) is 3.21. The van der Waals surface area contributed by atoms with Crippen molar-refractivity contribution in [3.8, 4) is 11.3 Å². The molecule has 0 spiro atoms. The number of aromatic nitrogens is 1. The maximum absolute atomic E-state index is 13.4. The molecule has 2 aromatic carbocycles. The number of nitrogens with one attached hydrogen (secondary N) is 2. The van der Waals surface area contributed by atoms with Crippen LogP contribution in [0.3, 0.4) is 0 Å². The van der Waals surface area contributed by atoms with Crippen LogP contribution in [0.5, 0.6) is 0 Å². The largest absolute Gasteiger partial charge is 0.349 e. The van der Waals surface area contributed by atoms with Gasteiger partial charge in [0.25, 0.3) is 5.91 Å². The highest BCUT2D eigenvalue weighted by molar-refractivity contribution is 6.12. The third-order valence-electron chi connectivity index (χ3n) is 6.19. The van der Waals surface area contributed by atoms with Gasteiger partial charge < -0.3 is 15.2 Å². The van der Waals surface area contributed by atoms with Gasteiger partial charge in [0, 0.05) is 36.1 Å². The number of fused-ring (bicyclic) bond motifs is 3. The molecule has 5 rings (SSSR count). The number of benzene rings is 2. The summed E-state index contributed by atoms with van der Waals surface area (Å²) in [6, 6.07) is 19.8. The summed E-state index contributed by atoms with van der Waals surface area (Å²) in [6.07, 6.45) is 4.54. The van der Waals surface area contributed by atoms with Crippen LogP contribution in [-0.2, 0) is 7.05 Å². The number of carbonyl (C=O) groups is 1. The Hall–Kier alpha value is -2.30. The lowest BCUT2D eigenvalue weighted by molar-refractivity contribution is 0.0926. The van der Waals surface area contributed by atoms with Gasteiger partial charge in [0.15, 0.2) is 0 Å². The molecule has 0 saturated carbocycles. The Morgan fingerprint density at radius 1 is 1.00 bits per heavy atom. The summed E-state index contributed by atoms with van der Waals surface area (Å²) < 4.78 is 2.14. The molecule has 2 atom stereocenters. The molecule has 0 radical (unpaired) electrons. The molecule has 146 valence electrons. The smallest absolute Gasteiger partial charge is 0.254 e. The van der Waals surface area contributed by atoms with E-state index in [0.29, 0.717) is 12.1 Å². The zero-order valence-electron chi connectivity index (χ0n) is 16.0. The maximum Gasteiger partial charge on any atom is 0.254 e. The Kier molecular flexibility index (Phi) is 5.17. The van der Waals surface area contributed by atoms with Gasteiger partial charge in [0.05, 0.1) is 11.3 Å². The summed E-state index contributed by atoms with van der Waals surface area (Å²) in [6.45, 7) is 0. The number of halogens is 1. The average Bonchev–Trinajstić information content (AvgIpc) is 3.19. The number of aryl methyl sites for hydroxylation is 1. The Morgan fingerprint density at radius 3 is 2.36 bits per heavy atom. The first-order valence-electron chi connectivity index (χ1n) is 9.90. The first-order chi connectivity index (χ1) is 13.2. The molecule has 3 heterocycles. The molecule has 2 saturated heterocycles. The van der Waals surface area contributed by atoms with Crippen LogP contribution in [0.1, 0.15) is 36.0 Å². The van der Waals surface area contributed by atoms with Gasteiger partial charge in [0.1, 0.15) is 0 Å². The fraction of sp³-hybridized carbons (Fsp3) is 0.348. The Balaban J connectivity index is 0.00000192. The van der Waals surface area contributed by atoms with E-state index in [1.807, 2.05) is 37.4 Å². The van der Waals surface area contributed by atoms with E-state index in [4.69, 9.17) is 0 Å². The summed E-state index contributed by atoms with van der Waals surface area (Å²) in [7, 11) is 2.05. The molecule has 2 N–H and O–H groups in total. The van der Waals surface area contributed by atoms with Crippen molar-refractivity contribution in [2.24, 2.45) is 7.05 Å². The van der Waals surface area contributed by atoms with Crippen LogP contribution >= 0.6 is 12.4 Å².